The first-order chi connectivity index (χ1) is 11.7. The molecule has 0 aliphatic carbocycles. The number of nitrogens with zero attached hydrogens (tertiary/aromatic N) is 3. The molecule has 0 unspecified atom stereocenters. The van der Waals surface area contributed by atoms with Crippen molar-refractivity contribution in [1.82, 2.24) is 4.90 Å². The highest BCUT2D eigenvalue weighted by Crippen LogP contribution is 2.23. The molecule has 4 rings (SSSR count). The van der Waals surface area contributed by atoms with Crippen LogP contribution in [-0.4, -0.2) is 22.5 Å². The van der Waals surface area contributed by atoms with Gasteiger partial charge in [0.2, 0.25) is 0 Å². The number of thiophene rings is 1. The number of fused-ring (bicyclic) bond motifs is 2. The zero-order chi connectivity index (χ0) is 16.5. The van der Waals surface area contributed by atoms with E-state index in [0.717, 1.165) is 11.1 Å². The first kappa shape index (κ1) is 15.1. The Morgan fingerprint density at radius 1 is 1.21 bits per heavy atom. The van der Waals surface area contributed by atoms with E-state index in [2.05, 4.69) is 9.98 Å². The summed E-state index contributed by atoms with van der Waals surface area (Å²) in [6.07, 6.45) is 5.45. The molecular weight excluding hydrogens is 342 g/mol. The smallest absolute Gasteiger partial charge is 0.289 e. The normalized spacial score (nSPS) is 17.7. The molecule has 0 spiro atoms. The molecule has 24 heavy (non-hydrogen) atoms. The van der Waals surface area contributed by atoms with E-state index in [4.69, 9.17) is 11.6 Å². The Morgan fingerprint density at radius 3 is 2.92 bits per heavy atom. The lowest BCUT2D eigenvalue weighted by Crippen LogP contribution is -2.25. The summed E-state index contributed by atoms with van der Waals surface area (Å²) in [5.41, 5.74) is 1.91. The average molecular weight is 354 g/mol. The summed E-state index contributed by atoms with van der Waals surface area (Å²) in [7, 11) is 0. The highest BCUT2D eigenvalue weighted by Gasteiger charge is 2.21. The van der Waals surface area contributed by atoms with Gasteiger partial charge in [0.05, 0.1) is 9.91 Å². The lowest BCUT2D eigenvalue weighted by Gasteiger charge is -2.21. The van der Waals surface area contributed by atoms with Gasteiger partial charge in [0.15, 0.2) is 5.84 Å². The van der Waals surface area contributed by atoms with Gasteiger partial charge in [-0.25, -0.2) is 4.99 Å². The molecular formula is C18H12ClN3OS. The van der Waals surface area contributed by atoms with Crippen LogP contribution in [0.2, 0.25) is 0 Å². The third-order valence-corrected chi connectivity index (χ3v) is 4.81. The minimum atomic E-state index is -0.277. The molecule has 0 atom stereocenters. The lowest BCUT2D eigenvalue weighted by atomic mass is 10.1. The van der Waals surface area contributed by atoms with Crippen molar-refractivity contribution in [3.05, 3.63) is 81.2 Å². The number of amides is 1. The molecule has 0 bridgehead atoms. The van der Waals surface area contributed by atoms with Crippen molar-refractivity contribution in [2.75, 3.05) is 0 Å². The standard InChI is InChI=1S/C18H12ClN3OS/c19-13-7-8-16-20-17(21-18(23)15-6-3-9-24-15)14-5-2-1-4-12(14)10-22(16)11-13/h1-9,11H,10H2. The largest absolute Gasteiger partial charge is 0.327 e. The predicted molar refractivity (Wildman–Crippen MR) is 97.7 cm³/mol. The van der Waals surface area contributed by atoms with E-state index in [0.29, 0.717) is 28.1 Å². The monoisotopic (exact) mass is 353 g/mol. The van der Waals surface area contributed by atoms with Gasteiger partial charge in [-0.1, -0.05) is 41.9 Å². The molecule has 0 N–H and O–H groups in total. The van der Waals surface area contributed by atoms with Crippen LogP contribution in [0.3, 0.4) is 0 Å². The number of carbonyl (C=O) groups is 1. The number of rotatable bonds is 1. The second-order valence-electron chi connectivity index (χ2n) is 5.32. The molecule has 6 heteroatoms. The second-order valence-corrected chi connectivity index (χ2v) is 6.70. The summed E-state index contributed by atoms with van der Waals surface area (Å²) in [6.45, 7) is 0.627. The SMILES string of the molecule is O=C(N=C1N=C2C=CC(Cl)=CN2Cc2ccccc21)c1cccs1. The van der Waals surface area contributed by atoms with Crippen molar-refractivity contribution < 1.29 is 4.79 Å². The van der Waals surface area contributed by atoms with Gasteiger partial charge >= 0.3 is 0 Å². The minimum Gasteiger partial charge on any atom is -0.327 e. The van der Waals surface area contributed by atoms with E-state index in [1.807, 2.05) is 52.9 Å². The Hall–Kier alpha value is -2.50. The van der Waals surface area contributed by atoms with Crippen LogP contribution in [0, 0.1) is 0 Å². The maximum atomic E-state index is 12.4. The fourth-order valence-corrected chi connectivity index (χ4v) is 3.39. The van der Waals surface area contributed by atoms with Crippen molar-refractivity contribution in [2.45, 2.75) is 6.54 Å². The van der Waals surface area contributed by atoms with Crippen LogP contribution < -0.4 is 0 Å². The second kappa shape index (κ2) is 6.19. The van der Waals surface area contributed by atoms with Gasteiger partial charge in [0.25, 0.3) is 5.91 Å². The summed E-state index contributed by atoms with van der Waals surface area (Å²) in [5.74, 6) is 0.867. The highest BCUT2D eigenvalue weighted by molar-refractivity contribution is 7.12. The predicted octanol–water partition coefficient (Wildman–Crippen LogP) is 4.20. The van der Waals surface area contributed by atoms with E-state index in [-0.39, 0.29) is 5.91 Å². The Balaban J connectivity index is 1.84. The maximum Gasteiger partial charge on any atom is 0.289 e. The number of hydrogen-bond acceptors (Lipinski definition) is 3. The molecule has 4 nitrogen and oxygen atoms in total. The van der Waals surface area contributed by atoms with Gasteiger partial charge in [-0.3, -0.25) is 4.79 Å². The molecule has 2 aliphatic rings. The van der Waals surface area contributed by atoms with Crippen LogP contribution >= 0.6 is 22.9 Å². The van der Waals surface area contributed by atoms with Crippen LogP contribution in [-0.2, 0) is 6.54 Å². The summed E-state index contributed by atoms with van der Waals surface area (Å²) < 4.78 is 0. The molecule has 0 fully saturated rings. The van der Waals surface area contributed by atoms with Crippen molar-refractivity contribution in [3.63, 3.8) is 0 Å². The molecule has 0 saturated carbocycles. The van der Waals surface area contributed by atoms with Gasteiger partial charge < -0.3 is 4.90 Å². The lowest BCUT2D eigenvalue weighted by molar-refractivity contribution is 0.101. The van der Waals surface area contributed by atoms with Crippen LogP contribution in [0.5, 0.6) is 0 Å². The van der Waals surface area contributed by atoms with Gasteiger partial charge in [-0.15, -0.1) is 11.3 Å². The minimum absolute atomic E-state index is 0.277. The Bertz CT molecular complexity index is 926. The van der Waals surface area contributed by atoms with Crippen LogP contribution in [0.4, 0.5) is 0 Å². The van der Waals surface area contributed by atoms with Crippen molar-refractivity contribution in [1.29, 1.82) is 0 Å². The number of halogens is 1. The van der Waals surface area contributed by atoms with Crippen LogP contribution in [0.15, 0.2) is 75.1 Å². The first-order valence-corrected chi connectivity index (χ1v) is 8.62. The van der Waals surface area contributed by atoms with Gasteiger partial charge in [-0.2, -0.15) is 4.99 Å². The van der Waals surface area contributed by atoms with Crippen LogP contribution in [0.1, 0.15) is 20.8 Å². The van der Waals surface area contributed by atoms with Crippen LogP contribution in [0.25, 0.3) is 0 Å². The third kappa shape index (κ3) is 2.84. The molecule has 3 heterocycles. The summed E-state index contributed by atoms with van der Waals surface area (Å²) in [5, 5.41) is 2.50. The quantitative estimate of drug-likeness (QED) is 0.771. The number of hydrogen-bond donors (Lipinski definition) is 0. The first-order valence-electron chi connectivity index (χ1n) is 7.36. The highest BCUT2D eigenvalue weighted by atomic mass is 35.5. The molecule has 1 aromatic carbocycles. The van der Waals surface area contributed by atoms with E-state index < -0.39 is 0 Å². The molecule has 2 aliphatic heterocycles. The third-order valence-electron chi connectivity index (χ3n) is 3.72. The fraction of sp³-hybridized carbons (Fsp3) is 0.0556. The number of allylic oxidation sites excluding steroid dienone is 2. The summed E-state index contributed by atoms with van der Waals surface area (Å²) in [6, 6.07) is 11.4. The van der Waals surface area contributed by atoms with Crippen molar-refractivity contribution >= 4 is 40.5 Å². The number of amidine groups is 2. The van der Waals surface area contributed by atoms with Gasteiger partial charge in [-0.05, 0) is 29.2 Å². The van der Waals surface area contributed by atoms with Gasteiger partial charge in [0, 0.05) is 18.3 Å². The topological polar surface area (TPSA) is 45.0 Å². The van der Waals surface area contributed by atoms with Gasteiger partial charge in [0.1, 0.15) is 5.84 Å². The zero-order valence-electron chi connectivity index (χ0n) is 12.5. The molecule has 118 valence electrons. The Morgan fingerprint density at radius 2 is 2.08 bits per heavy atom. The Kier molecular flexibility index (Phi) is 3.88. The zero-order valence-corrected chi connectivity index (χ0v) is 14.1. The van der Waals surface area contributed by atoms with E-state index in [9.17, 15) is 4.79 Å². The van der Waals surface area contributed by atoms with E-state index in [1.54, 1.807) is 12.1 Å². The van der Waals surface area contributed by atoms with E-state index >= 15 is 0 Å². The van der Waals surface area contributed by atoms with Crippen molar-refractivity contribution in [2.24, 2.45) is 9.98 Å². The fourth-order valence-electron chi connectivity index (χ4n) is 2.60. The van der Waals surface area contributed by atoms with Crippen molar-refractivity contribution in [3.8, 4) is 0 Å². The number of carbonyl (C=O) groups excluding carboxylic acids is 1. The maximum absolute atomic E-state index is 12.4. The number of benzene rings is 1. The molecule has 0 radical (unpaired) electrons. The molecule has 1 aromatic heterocycles. The Labute approximate surface area is 148 Å². The molecule has 0 saturated heterocycles. The van der Waals surface area contributed by atoms with E-state index in [1.165, 1.54) is 11.3 Å². The summed E-state index contributed by atoms with van der Waals surface area (Å²) in [4.78, 5) is 23.8. The molecule has 2 aromatic rings. The summed E-state index contributed by atoms with van der Waals surface area (Å²) >= 11 is 7.47. The average Bonchev–Trinajstić information content (AvgIpc) is 3.07. The molecule has 1 amide bonds. The number of aliphatic imine (C=N–C) groups is 2.